The Hall–Kier alpha value is -0.0400. The Bertz CT molecular complexity index is 258. The molecule has 1 saturated heterocycles. The van der Waals surface area contributed by atoms with Crippen LogP contribution in [0.2, 0.25) is 0 Å². The van der Waals surface area contributed by atoms with E-state index in [1.165, 1.54) is 45.2 Å². The molecule has 1 aliphatic rings. The van der Waals surface area contributed by atoms with Crippen molar-refractivity contribution in [3.05, 3.63) is 0 Å². The molecule has 0 amide bonds. The third-order valence-electron chi connectivity index (χ3n) is 3.87. The van der Waals surface area contributed by atoms with Gasteiger partial charge in [0.05, 0.1) is 0 Å². The second-order valence-electron chi connectivity index (χ2n) is 5.51. The summed E-state index contributed by atoms with van der Waals surface area (Å²) in [7, 11) is 1.83. The number of hydrogen-bond donors (Lipinski definition) is 2. The van der Waals surface area contributed by atoms with Crippen LogP contribution in [-0.4, -0.2) is 50.1 Å². The molecule has 120 valence electrons. The van der Waals surface area contributed by atoms with Gasteiger partial charge in [-0.15, -0.1) is 24.0 Å². The highest BCUT2D eigenvalue weighted by Gasteiger charge is 2.16. The molecule has 1 rings (SSSR count). The average molecular weight is 396 g/mol. The minimum atomic E-state index is 0. The van der Waals surface area contributed by atoms with Crippen molar-refractivity contribution in [2.75, 3.05) is 33.2 Å². The predicted octanol–water partition coefficient (Wildman–Crippen LogP) is 2.83. The summed E-state index contributed by atoms with van der Waals surface area (Å²) in [6, 6.07) is 0.792. The summed E-state index contributed by atoms with van der Waals surface area (Å²) in [4.78, 5) is 6.86. The summed E-state index contributed by atoms with van der Waals surface area (Å²) in [5, 5.41) is 6.67. The molecular formula is C15H33IN4. The smallest absolute Gasteiger partial charge is 0.190 e. The number of nitrogens with zero attached hydrogens (tertiary/aromatic N) is 2. The summed E-state index contributed by atoms with van der Waals surface area (Å²) < 4.78 is 0. The van der Waals surface area contributed by atoms with Crippen LogP contribution in [0.3, 0.4) is 0 Å². The van der Waals surface area contributed by atoms with Gasteiger partial charge in [-0.1, -0.05) is 13.3 Å². The maximum atomic E-state index is 4.21. The van der Waals surface area contributed by atoms with Gasteiger partial charge in [0.1, 0.15) is 0 Å². The summed E-state index contributed by atoms with van der Waals surface area (Å²) in [6.07, 6.45) is 7.81. The topological polar surface area (TPSA) is 39.7 Å². The van der Waals surface area contributed by atoms with Gasteiger partial charge in [0, 0.05) is 26.2 Å². The van der Waals surface area contributed by atoms with Crippen LogP contribution >= 0.6 is 24.0 Å². The number of nitrogens with one attached hydrogen (secondary N) is 2. The molecule has 0 spiro atoms. The van der Waals surface area contributed by atoms with Crippen LogP contribution in [0.4, 0.5) is 0 Å². The molecule has 5 heteroatoms. The molecule has 0 aromatic carbocycles. The molecular weight excluding hydrogens is 363 g/mol. The van der Waals surface area contributed by atoms with Gasteiger partial charge in [-0.25, -0.2) is 0 Å². The number of hydrogen-bond acceptors (Lipinski definition) is 2. The van der Waals surface area contributed by atoms with Crippen molar-refractivity contribution < 1.29 is 0 Å². The molecule has 0 aromatic rings. The minimum absolute atomic E-state index is 0. The van der Waals surface area contributed by atoms with E-state index in [-0.39, 0.29) is 24.0 Å². The lowest BCUT2D eigenvalue weighted by atomic mass is 10.0. The first-order valence-corrected chi connectivity index (χ1v) is 7.96. The fourth-order valence-corrected chi connectivity index (χ4v) is 2.60. The van der Waals surface area contributed by atoms with E-state index in [0.717, 1.165) is 31.5 Å². The van der Waals surface area contributed by atoms with Crippen LogP contribution in [0.1, 0.15) is 52.4 Å². The zero-order valence-electron chi connectivity index (χ0n) is 13.5. The average Bonchev–Trinajstić information content (AvgIpc) is 2.43. The van der Waals surface area contributed by atoms with Gasteiger partial charge in [-0.3, -0.25) is 4.99 Å². The Morgan fingerprint density at radius 2 is 1.95 bits per heavy atom. The van der Waals surface area contributed by atoms with Gasteiger partial charge in [0.2, 0.25) is 0 Å². The fourth-order valence-electron chi connectivity index (χ4n) is 2.60. The van der Waals surface area contributed by atoms with Crippen LogP contribution in [0, 0.1) is 0 Å². The first kappa shape index (κ1) is 20.0. The molecule has 1 fully saturated rings. The molecule has 0 aromatic heterocycles. The molecule has 20 heavy (non-hydrogen) atoms. The number of likely N-dealkylation sites (tertiary alicyclic amines) is 1. The summed E-state index contributed by atoms with van der Waals surface area (Å²) in [5.74, 6) is 0.938. The lowest BCUT2D eigenvalue weighted by Crippen LogP contribution is -2.39. The van der Waals surface area contributed by atoms with Crippen LogP contribution in [0.15, 0.2) is 4.99 Å². The third kappa shape index (κ3) is 8.29. The molecule has 0 bridgehead atoms. The highest BCUT2D eigenvalue weighted by Crippen LogP contribution is 2.16. The predicted molar refractivity (Wildman–Crippen MR) is 99.2 cm³/mol. The number of guanidine groups is 1. The van der Waals surface area contributed by atoms with E-state index in [2.05, 4.69) is 34.4 Å². The van der Waals surface area contributed by atoms with E-state index in [4.69, 9.17) is 0 Å². The Kier molecular flexibility index (Phi) is 12.7. The zero-order chi connectivity index (χ0) is 13.9. The van der Waals surface area contributed by atoms with E-state index in [9.17, 15) is 0 Å². The summed E-state index contributed by atoms with van der Waals surface area (Å²) in [5.41, 5.74) is 0. The minimum Gasteiger partial charge on any atom is -0.356 e. The van der Waals surface area contributed by atoms with Crippen LogP contribution in [0.5, 0.6) is 0 Å². The monoisotopic (exact) mass is 396 g/mol. The van der Waals surface area contributed by atoms with E-state index >= 15 is 0 Å². The van der Waals surface area contributed by atoms with Crippen molar-refractivity contribution >= 4 is 29.9 Å². The van der Waals surface area contributed by atoms with Gasteiger partial charge < -0.3 is 15.5 Å². The van der Waals surface area contributed by atoms with Crippen molar-refractivity contribution in [2.45, 2.75) is 58.4 Å². The van der Waals surface area contributed by atoms with Crippen molar-refractivity contribution in [1.29, 1.82) is 0 Å². The molecule has 1 heterocycles. The van der Waals surface area contributed by atoms with Gasteiger partial charge in [0.15, 0.2) is 5.96 Å². The largest absolute Gasteiger partial charge is 0.356 e. The Morgan fingerprint density at radius 3 is 2.60 bits per heavy atom. The molecule has 1 unspecified atom stereocenters. The van der Waals surface area contributed by atoms with Crippen LogP contribution in [-0.2, 0) is 0 Å². The maximum absolute atomic E-state index is 4.21. The molecule has 0 radical (unpaired) electrons. The summed E-state index contributed by atoms with van der Waals surface area (Å²) in [6.45, 7) is 9.10. The molecule has 1 atom stereocenters. The van der Waals surface area contributed by atoms with E-state index in [1.807, 2.05) is 7.05 Å². The third-order valence-corrected chi connectivity index (χ3v) is 3.87. The highest BCUT2D eigenvalue weighted by molar-refractivity contribution is 14.0. The van der Waals surface area contributed by atoms with Gasteiger partial charge in [-0.05, 0) is 52.1 Å². The van der Waals surface area contributed by atoms with E-state index < -0.39 is 0 Å². The van der Waals surface area contributed by atoms with Crippen molar-refractivity contribution in [1.82, 2.24) is 15.5 Å². The van der Waals surface area contributed by atoms with Crippen LogP contribution < -0.4 is 10.6 Å². The number of unbranched alkanes of at least 4 members (excludes halogenated alkanes) is 1. The number of aliphatic imine (C=N–C) groups is 1. The van der Waals surface area contributed by atoms with Gasteiger partial charge >= 0.3 is 0 Å². The lowest BCUT2D eigenvalue weighted by molar-refractivity contribution is 0.158. The maximum Gasteiger partial charge on any atom is 0.190 e. The zero-order valence-corrected chi connectivity index (χ0v) is 15.8. The number of piperidine rings is 1. The van der Waals surface area contributed by atoms with Crippen molar-refractivity contribution in [3.63, 3.8) is 0 Å². The molecule has 4 nitrogen and oxygen atoms in total. The second-order valence-corrected chi connectivity index (χ2v) is 5.51. The first-order valence-electron chi connectivity index (χ1n) is 7.96. The van der Waals surface area contributed by atoms with Gasteiger partial charge in [-0.2, -0.15) is 0 Å². The Balaban J connectivity index is 0.00000361. The Morgan fingerprint density at radius 1 is 1.20 bits per heavy atom. The number of rotatable bonds is 7. The molecule has 0 aliphatic carbocycles. The SMILES string of the molecule is CCCNC(=NC)NCCCCN1CCCCC1C.I. The summed E-state index contributed by atoms with van der Waals surface area (Å²) >= 11 is 0. The van der Waals surface area contributed by atoms with E-state index in [0.29, 0.717) is 0 Å². The quantitative estimate of drug-likeness (QED) is 0.301. The lowest BCUT2D eigenvalue weighted by Gasteiger charge is -2.33. The highest BCUT2D eigenvalue weighted by atomic mass is 127. The van der Waals surface area contributed by atoms with Gasteiger partial charge in [0.25, 0.3) is 0 Å². The molecule has 0 saturated carbocycles. The molecule has 2 N–H and O–H groups in total. The normalized spacial score (nSPS) is 20.4. The molecule has 1 aliphatic heterocycles. The Labute approximate surface area is 142 Å². The fraction of sp³-hybridized carbons (Fsp3) is 0.933. The second kappa shape index (κ2) is 12.7. The van der Waals surface area contributed by atoms with E-state index in [1.54, 1.807) is 0 Å². The standard InChI is InChI=1S/C15H32N4.HI/c1-4-10-17-15(16-3)18-11-6-8-13-19-12-7-5-9-14(19)2;/h14H,4-13H2,1-3H3,(H2,16,17,18);1H. The van der Waals surface area contributed by atoms with Crippen molar-refractivity contribution in [3.8, 4) is 0 Å². The first-order chi connectivity index (χ1) is 9.27. The van der Waals surface area contributed by atoms with Crippen LogP contribution in [0.25, 0.3) is 0 Å². The van der Waals surface area contributed by atoms with Crippen molar-refractivity contribution in [2.24, 2.45) is 4.99 Å². The number of halogens is 1.